The van der Waals surface area contributed by atoms with Crippen molar-refractivity contribution >= 4 is 11.7 Å². The molecule has 22 heavy (non-hydrogen) atoms. The first-order chi connectivity index (χ1) is 10.7. The number of amides is 1. The van der Waals surface area contributed by atoms with E-state index in [4.69, 9.17) is 0 Å². The maximum Gasteiger partial charge on any atom is 0.227 e. The smallest absolute Gasteiger partial charge is 0.227 e. The molecule has 0 aliphatic heterocycles. The molecular formula is C19H21NO2. The summed E-state index contributed by atoms with van der Waals surface area (Å²) in [6.07, 6.45) is 5.53. The lowest BCUT2D eigenvalue weighted by atomic mass is 9.31. The fourth-order valence-corrected chi connectivity index (χ4v) is 10.2. The van der Waals surface area contributed by atoms with Crippen molar-refractivity contribution in [3.05, 3.63) is 0 Å². The van der Waals surface area contributed by atoms with Crippen molar-refractivity contribution in [3.63, 3.8) is 0 Å². The molecule has 0 aromatic rings. The molecule has 3 nitrogen and oxygen atoms in total. The second-order valence-electron chi connectivity index (χ2n) is 10.0. The molecule has 0 radical (unpaired) electrons. The van der Waals surface area contributed by atoms with Crippen molar-refractivity contribution < 1.29 is 9.59 Å². The van der Waals surface area contributed by atoms with Crippen molar-refractivity contribution in [2.45, 2.75) is 31.7 Å². The molecule has 0 spiro atoms. The topological polar surface area (TPSA) is 46.2 Å². The van der Waals surface area contributed by atoms with Crippen LogP contribution in [-0.4, -0.2) is 17.7 Å². The van der Waals surface area contributed by atoms with Gasteiger partial charge in [0, 0.05) is 17.9 Å². The van der Waals surface area contributed by atoms with Gasteiger partial charge in [-0.2, -0.15) is 0 Å². The van der Waals surface area contributed by atoms with E-state index < -0.39 is 0 Å². The third kappa shape index (κ3) is 0.711. The zero-order valence-electron chi connectivity index (χ0n) is 12.6. The van der Waals surface area contributed by atoms with Crippen molar-refractivity contribution in [1.82, 2.24) is 5.32 Å². The normalized spacial score (nSPS) is 75.0. The van der Waals surface area contributed by atoms with Crippen molar-refractivity contribution in [3.8, 4) is 0 Å². The number of Topliss-reactive ketones (excluding diaryl/α,β-unsaturated/α-hetero) is 1. The van der Waals surface area contributed by atoms with E-state index in [1.54, 1.807) is 0 Å². The first-order valence-electron chi connectivity index (χ1n) is 9.59. The van der Waals surface area contributed by atoms with Gasteiger partial charge in [0.05, 0.1) is 5.41 Å². The summed E-state index contributed by atoms with van der Waals surface area (Å²) in [5.41, 5.74) is -0.181. The summed E-state index contributed by atoms with van der Waals surface area (Å²) in [4.78, 5) is 25.8. The minimum absolute atomic E-state index is 0.159. The van der Waals surface area contributed by atoms with Gasteiger partial charge in [-0.25, -0.2) is 0 Å². The summed E-state index contributed by atoms with van der Waals surface area (Å²) in [7, 11) is 0. The molecule has 1 amide bonds. The van der Waals surface area contributed by atoms with Gasteiger partial charge in [-0.3, -0.25) is 9.59 Å². The Morgan fingerprint density at radius 3 is 2.50 bits per heavy atom. The third-order valence-electron chi connectivity index (χ3n) is 10.3. The van der Waals surface area contributed by atoms with E-state index >= 15 is 0 Å². The summed E-state index contributed by atoms with van der Waals surface area (Å²) >= 11 is 0. The fraction of sp³-hybridized carbons (Fsp3) is 0.895. The first kappa shape index (κ1) is 10.8. The molecule has 9 fully saturated rings. The summed E-state index contributed by atoms with van der Waals surface area (Å²) in [6, 6.07) is 0.496. The highest BCUT2D eigenvalue weighted by Gasteiger charge is 2.96. The Balaban J connectivity index is 1.14. The molecule has 9 aliphatic carbocycles. The molecule has 9 saturated carbocycles. The highest BCUT2D eigenvalue weighted by molar-refractivity contribution is 6.04. The number of carbonyl (C=O) groups is 2. The Morgan fingerprint density at radius 1 is 1.00 bits per heavy atom. The van der Waals surface area contributed by atoms with E-state index in [1.165, 1.54) is 25.7 Å². The van der Waals surface area contributed by atoms with Crippen LogP contribution in [0.3, 0.4) is 0 Å². The Bertz CT molecular complexity index is 686. The van der Waals surface area contributed by atoms with E-state index in [0.717, 1.165) is 29.6 Å². The summed E-state index contributed by atoms with van der Waals surface area (Å²) in [5, 5.41) is 3.49. The zero-order valence-corrected chi connectivity index (χ0v) is 12.6. The Hall–Kier alpha value is -0.860. The van der Waals surface area contributed by atoms with Crippen LogP contribution in [0.25, 0.3) is 0 Å². The molecule has 3 heteroatoms. The molecule has 12 unspecified atom stereocenters. The SMILES string of the molecule is O=C1C2C3CC4C2C2(C(=O)NC5C6C7CCC(C7)C56)C1C3C42. The van der Waals surface area contributed by atoms with Gasteiger partial charge in [-0.05, 0) is 78.9 Å². The molecule has 0 saturated heterocycles. The first-order valence-corrected chi connectivity index (χ1v) is 9.59. The van der Waals surface area contributed by atoms with Crippen molar-refractivity contribution in [1.29, 1.82) is 0 Å². The van der Waals surface area contributed by atoms with Crippen LogP contribution in [0.4, 0.5) is 0 Å². The zero-order chi connectivity index (χ0) is 14.1. The maximum absolute atomic E-state index is 13.2. The summed E-state index contributed by atoms with van der Waals surface area (Å²) < 4.78 is 0. The van der Waals surface area contributed by atoms with Crippen LogP contribution in [0.1, 0.15) is 25.7 Å². The van der Waals surface area contributed by atoms with Gasteiger partial charge in [0.1, 0.15) is 5.78 Å². The van der Waals surface area contributed by atoms with Gasteiger partial charge >= 0.3 is 0 Å². The van der Waals surface area contributed by atoms with Crippen LogP contribution < -0.4 is 5.32 Å². The summed E-state index contributed by atoms with van der Waals surface area (Å²) in [6.45, 7) is 0. The molecule has 9 aliphatic rings. The largest absolute Gasteiger partial charge is 0.352 e. The van der Waals surface area contributed by atoms with Crippen LogP contribution in [0.5, 0.6) is 0 Å². The number of hydrogen-bond acceptors (Lipinski definition) is 2. The number of fused-ring (bicyclic) bond motifs is 5. The minimum atomic E-state index is -0.181. The maximum atomic E-state index is 13.2. The lowest BCUT2D eigenvalue weighted by Gasteiger charge is -2.70. The van der Waals surface area contributed by atoms with Crippen LogP contribution >= 0.6 is 0 Å². The number of nitrogens with one attached hydrogen (secondary N) is 1. The lowest BCUT2D eigenvalue weighted by Crippen LogP contribution is -2.75. The molecular weight excluding hydrogens is 274 g/mol. The van der Waals surface area contributed by atoms with Gasteiger partial charge in [-0.15, -0.1) is 0 Å². The lowest BCUT2D eigenvalue weighted by molar-refractivity contribution is -0.248. The number of carbonyl (C=O) groups excluding carboxylic acids is 2. The Kier molecular flexibility index (Phi) is 1.34. The standard InChI is InChI=1S/C19H21NO2/c21-17-12-7-4-8-13-11(7)15(17)19(13,14(8)12)18(22)20-16-9-5-1-2-6(3-5)10(9)16/h5-16H,1-4H2,(H,20,22). The van der Waals surface area contributed by atoms with Crippen LogP contribution in [0, 0.1) is 70.5 Å². The van der Waals surface area contributed by atoms with E-state index in [2.05, 4.69) is 5.32 Å². The second kappa shape index (κ2) is 2.71. The third-order valence-corrected chi connectivity index (χ3v) is 10.3. The number of rotatable bonds is 2. The van der Waals surface area contributed by atoms with Gasteiger partial charge < -0.3 is 5.32 Å². The average Bonchev–Trinajstić information content (AvgIpc) is 2.88. The van der Waals surface area contributed by atoms with Gasteiger partial charge in [0.15, 0.2) is 0 Å². The molecule has 12 atom stereocenters. The molecule has 0 heterocycles. The Labute approximate surface area is 129 Å². The van der Waals surface area contributed by atoms with Gasteiger partial charge in [0.25, 0.3) is 0 Å². The van der Waals surface area contributed by atoms with Gasteiger partial charge in [-0.1, -0.05) is 0 Å². The molecule has 0 aromatic heterocycles. The predicted molar refractivity (Wildman–Crippen MR) is 76.2 cm³/mol. The fourth-order valence-electron chi connectivity index (χ4n) is 10.2. The van der Waals surface area contributed by atoms with E-state index in [-0.39, 0.29) is 11.3 Å². The average molecular weight is 295 g/mol. The van der Waals surface area contributed by atoms with Crippen LogP contribution in [0.2, 0.25) is 0 Å². The monoisotopic (exact) mass is 295 g/mol. The molecule has 0 aromatic carbocycles. The van der Waals surface area contributed by atoms with Crippen molar-refractivity contribution in [2.75, 3.05) is 0 Å². The Morgan fingerprint density at radius 2 is 1.77 bits per heavy atom. The minimum Gasteiger partial charge on any atom is -0.352 e. The van der Waals surface area contributed by atoms with Crippen LogP contribution in [0.15, 0.2) is 0 Å². The van der Waals surface area contributed by atoms with Crippen molar-refractivity contribution in [2.24, 2.45) is 70.5 Å². The van der Waals surface area contributed by atoms with E-state index in [0.29, 0.717) is 47.3 Å². The molecule has 6 bridgehead atoms. The highest BCUT2D eigenvalue weighted by atomic mass is 16.2. The molecule has 114 valence electrons. The molecule has 1 N–H and O–H groups in total. The van der Waals surface area contributed by atoms with E-state index in [9.17, 15) is 9.59 Å². The van der Waals surface area contributed by atoms with Gasteiger partial charge in [0.2, 0.25) is 5.91 Å². The predicted octanol–water partition coefficient (Wildman–Crippen LogP) is 1.47. The van der Waals surface area contributed by atoms with Crippen LogP contribution in [-0.2, 0) is 9.59 Å². The summed E-state index contributed by atoms with van der Waals surface area (Å²) in [5.74, 6) is 7.93. The quantitative estimate of drug-likeness (QED) is 0.838. The number of ketones is 1. The highest BCUT2D eigenvalue weighted by Crippen LogP contribution is 2.92. The number of hydrogen-bond donors (Lipinski definition) is 1. The second-order valence-corrected chi connectivity index (χ2v) is 10.0. The molecule has 9 rings (SSSR count). The van der Waals surface area contributed by atoms with E-state index in [1.807, 2.05) is 0 Å².